The van der Waals surface area contributed by atoms with Crippen molar-refractivity contribution in [3.63, 3.8) is 0 Å². The highest BCUT2D eigenvalue weighted by atomic mass is 16.2. The third kappa shape index (κ3) is 4.89. The molecule has 7 heterocycles. The van der Waals surface area contributed by atoms with Gasteiger partial charge >= 0.3 is 0 Å². The minimum atomic E-state index is -0.293. The van der Waals surface area contributed by atoms with Crippen molar-refractivity contribution >= 4 is 23.4 Å². The number of anilines is 3. The largest absolute Gasteiger partial charge is 0.354 e. The molecule has 9 nitrogen and oxygen atoms in total. The topological polar surface area (TPSA) is 98.3 Å². The summed E-state index contributed by atoms with van der Waals surface area (Å²) < 4.78 is 0. The predicted octanol–water partition coefficient (Wildman–Crippen LogP) is 2.86. The molecular weight excluding hydrogens is 452 g/mol. The van der Waals surface area contributed by atoms with E-state index in [1.807, 2.05) is 24.5 Å². The Labute approximate surface area is 211 Å². The summed E-state index contributed by atoms with van der Waals surface area (Å²) in [5.74, 6) is 1.55. The van der Waals surface area contributed by atoms with Crippen LogP contribution in [0.1, 0.15) is 24.8 Å². The summed E-state index contributed by atoms with van der Waals surface area (Å²) in [7, 11) is 0. The van der Waals surface area contributed by atoms with Crippen LogP contribution in [0.5, 0.6) is 0 Å². The number of carbonyl (C=O) groups is 1. The first-order chi connectivity index (χ1) is 17.7. The lowest BCUT2D eigenvalue weighted by molar-refractivity contribution is -0.129. The number of aromatic nitrogens is 3. The Hall–Kier alpha value is -3.56. The normalized spacial score (nSPS) is 23.4. The third-order valence-corrected chi connectivity index (χ3v) is 7.40. The first-order valence-corrected chi connectivity index (χ1v) is 12.8. The van der Waals surface area contributed by atoms with Crippen LogP contribution in [0.15, 0.2) is 55.0 Å². The molecule has 1 aromatic carbocycles. The molecule has 8 bridgehead atoms. The van der Waals surface area contributed by atoms with Gasteiger partial charge in [0, 0.05) is 75.7 Å². The van der Waals surface area contributed by atoms with Gasteiger partial charge in [0.1, 0.15) is 11.4 Å². The molecule has 3 aromatic rings. The van der Waals surface area contributed by atoms with Crippen molar-refractivity contribution in [3.05, 3.63) is 60.6 Å². The second kappa shape index (κ2) is 9.83. The average Bonchev–Trinajstić information content (AvgIpc) is 3.71. The Balaban J connectivity index is 1.23. The van der Waals surface area contributed by atoms with Crippen LogP contribution >= 0.6 is 0 Å². The Morgan fingerprint density at radius 1 is 0.861 bits per heavy atom. The first-order valence-electron chi connectivity index (χ1n) is 12.8. The highest BCUT2D eigenvalue weighted by molar-refractivity contribution is 5.89. The second-order valence-corrected chi connectivity index (χ2v) is 9.88. The molecule has 0 radical (unpaired) electrons. The fraction of sp³-hybridized carbons (Fsp3) is 0.407. The standard InChI is InChI=1S/C27H32N8O/c36-25-27(6-7-27)35-13-11-34(12-14-35)19-20-3-1-4-23(15-20)33-24-16-21(5-10-28-24)22-17-31-26(32-18-22)30-9-2-8-29-25/h1,3-5,10,15-18H,2,6-9,11-14,19H2,(H,28,33)(H,29,36)(H,30,31,32). The number of benzene rings is 1. The molecule has 0 unspecified atom stereocenters. The van der Waals surface area contributed by atoms with E-state index in [4.69, 9.17) is 0 Å². The van der Waals surface area contributed by atoms with Crippen LogP contribution in [0.2, 0.25) is 0 Å². The molecule has 1 saturated carbocycles. The van der Waals surface area contributed by atoms with E-state index >= 15 is 0 Å². The molecule has 1 amide bonds. The molecule has 9 heteroatoms. The van der Waals surface area contributed by atoms with E-state index in [1.165, 1.54) is 5.56 Å². The SMILES string of the molecule is O=C1NCCCNc2ncc(cn2)-c2ccnc(c2)Nc2cccc(c2)CN2CCN(CC2)C12CC2. The molecule has 1 saturated heterocycles. The number of nitrogens with one attached hydrogen (secondary N) is 3. The Kier molecular flexibility index (Phi) is 6.25. The summed E-state index contributed by atoms with van der Waals surface area (Å²) in [6.45, 7) is 6.04. The van der Waals surface area contributed by atoms with E-state index in [-0.39, 0.29) is 11.4 Å². The summed E-state index contributed by atoms with van der Waals surface area (Å²) in [5.41, 5.74) is 3.91. The number of piperazine rings is 1. The van der Waals surface area contributed by atoms with E-state index in [0.29, 0.717) is 19.0 Å². The Bertz CT molecular complexity index is 1220. The van der Waals surface area contributed by atoms with Gasteiger partial charge in [0.25, 0.3) is 0 Å². The first kappa shape index (κ1) is 22.9. The molecule has 1 aliphatic carbocycles. The van der Waals surface area contributed by atoms with Gasteiger partial charge < -0.3 is 16.0 Å². The van der Waals surface area contributed by atoms with Crippen molar-refractivity contribution in [1.29, 1.82) is 0 Å². The Morgan fingerprint density at radius 3 is 2.47 bits per heavy atom. The van der Waals surface area contributed by atoms with Crippen LogP contribution in [0.25, 0.3) is 11.1 Å². The van der Waals surface area contributed by atoms with Crippen molar-refractivity contribution in [2.75, 3.05) is 49.9 Å². The fourth-order valence-electron chi connectivity index (χ4n) is 5.19. The van der Waals surface area contributed by atoms with E-state index in [0.717, 1.165) is 74.6 Å². The van der Waals surface area contributed by atoms with E-state index < -0.39 is 0 Å². The monoisotopic (exact) mass is 484 g/mol. The molecule has 2 fully saturated rings. The number of hydrogen-bond acceptors (Lipinski definition) is 8. The lowest BCUT2D eigenvalue weighted by atomic mass is 10.1. The number of rotatable bonds is 0. The molecule has 36 heavy (non-hydrogen) atoms. The maximum atomic E-state index is 13.0. The number of carbonyl (C=O) groups excluding carboxylic acids is 1. The number of amides is 1. The van der Waals surface area contributed by atoms with Crippen molar-refractivity contribution in [3.8, 4) is 11.1 Å². The van der Waals surface area contributed by atoms with Crippen LogP contribution in [-0.4, -0.2) is 75.5 Å². The molecule has 186 valence electrons. The summed E-state index contributed by atoms with van der Waals surface area (Å²) in [6, 6.07) is 12.5. The van der Waals surface area contributed by atoms with E-state index in [2.05, 4.69) is 65.0 Å². The summed E-state index contributed by atoms with van der Waals surface area (Å²) in [6.07, 6.45) is 8.18. The minimum absolute atomic E-state index is 0.184. The lowest BCUT2D eigenvalue weighted by Crippen LogP contribution is -2.56. The van der Waals surface area contributed by atoms with Crippen LogP contribution in [0, 0.1) is 0 Å². The maximum absolute atomic E-state index is 13.0. The summed E-state index contributed by atoms with van der Waals surface area (Å²) in [4.78, 5) is 31.4. The van der Waals surface area contributed by atoms with Crippen LogP contribution in [-0.2, 0) is 11.3 Å². The molecule has 9 rings (SSSR count). The van der Waals surface area contributed by atoms with Gasteiger partial charge in [-0.3, -0.25) is 14.6 Å². The van der Waals surface area contributed by atoms with Crippen LogP contribution < -0.4 is 16.0 Å². The van der Waals surface area contributed by atoms with Gasteiger partial charge in [0.2, 0.25) is 11.9 Å². The third-order valence-electron chi connectivity index (χ3n) is 7.40. The lowest BCUT2D eigenvalue weighted by Gasteiger charge is -2.39. The zero-order valence-electron chi connectivity index (χ0n) is 20.4. The summed E-state index contributed by atoms with van der Waals surface area (Å²) in [5, 5.41) is 9.88. The van der Waals surface area contributed by atoms with E-state index in [9.17, 15) is 4.79 Å². The number of nitrogens with zero attached hydrogens (tertiary/aromatic N) is 5. The molecule has 2 aromatic heterocycles. The molecule has 1 spiro atoms. The van der Waals surface area contributed by atoms with Gasteiger partial charge in [-0.05, 0) is 54.7 Å². The summed E-state index contributed by atoms with van der Waals surface area (Å²) >= 11 is 0. The van der Waals surface area contributed by atoms with Crippen molar-refractivity contribution in [2.24, 2.45) is 0 Å². The molecular formula is C27H32N8O. The van der Waals surface area contributed by atoms with Crippen LogP contribution in [0.4, 0.5) is 17.5 Å². The molecule has 3 N–H and O–H groups in total. The zero-order valence-corrected chi connectivity index (χ0v) is 20.4. The predicted molar refractivity (Wildman–Crippen MR) is 140 cm³/mol. The van der Waals surface area contributed by atoms with Gasteiger partial charge in [0.15, 0.2) is 0 Å². The van der Waals surface area contributed by atoms with Gasteiger partial charge in [-0.2, -0.15) is 0 Å². The highest BCUT2D eigenvalue weighted by Crippen LogP contribution is 2.42. The highest BCUT2D eigenvalue weighted by Gasteiger charge is 2.54. The quantitative estimate of drug-likeness (QED) is 0.448. The van der Waals surface area contributed by atoms with Crippen molar-refractivity contribution < 1.29 is 4.79 Å². The second-order valence-electron chi connectivity index (χ2n) is 9.88. The van der Waals surface area contributed by atoms with Gasteiger partial charge in [-0.15, -0.1) is 0 Å². The number of pyridine rings is 1. The fourth-order valence-corrected chi connectivity index (χ4v) is 5.19. The molecule has 0 atom stereocenters. The van der Waals surface area contributed by atoms with Crippen LogP contribution in [0.3, 0.4) is 0 Å². The number of hydrogen-bond donors (Lipinski definition) is 3. The Morgan fingerprint density at radius 2 is 1.67 bits per heavy atom. The maximum Gasteiger partial charge on any atom is 0.240 e. The molecule has 5 aliphatic heterocycles. The zero-order chi connectivity index (χ0) is 24.4. The van der Waals surface area contributed by atoms with Gasteiger partial charge in [-0.1, -0.05) is 12.1 Å². The average molecular weight is 485 g/mol. The molecule has 6 aliphatic rings. The smallest absolute Gasteiger partial charge is 0.240 e. The van der Waals surface area contributed by atoms with Gasteiger partial charge in [0.05, 0.1) is 0 Å². The van der Waals surface area contributed by atoms with Crippen molar-refractivity contribution in [2.45, 2.75) is 31.3 Å². The minimum Gasteiger partial charge on any atom is -0.354 e. The van der Waals surface area contributed by atoms with Crippen molar-refractivity contribution in [1.82, 2.24) is 30.1 Å². The van der Waals surface area contributed by atoms with Gasteiger partial charge in [-0.25, -0.2) is 15.0 Å². The van der Waals surface area contributed by atoms with E-state index in [1.54, 1.807) is 6.20 Å².